The van der Waals surface area contributed by atoms with Crippen LogP contribution in [0.2, 0.25) is 0 Å². The summed E-state index contributed by atoms with van der Waals surface area (Å²) >= 11 is 0. The minimum Gasteiger partial charge on any atom is -0.309 e. The fraction of sp³-hybridized carbons (Fsp3) is 1.00. The Morgan fingerprint density at radius 2 is 1.87 bits per heavy atom. The van der Waals surface area contributed by atoms with E-state index >= 15 is 0 Å². The number of halogens is 1. The van der Waals surface area contributed by atoms with Crippen molar-refractivity contribution in [3.63, 3.8) is 0 Å². The molecule has 15 heavy (non-hydrogen) atoms. The number of alkyl halides is 1. The van der Waals surface area contributed by atoms with Crippen LogP contribution in [0.3, 0.4) is 0 Å². The van der Waals surface area contributed by atoms with E-state index in [4.69, 9.17) is 0 Å². The molecule has 1 saturated heterocycles. The lowest BCUT2D eigenvalue weighted by Gasteiger charge is -2.52. The molecule has 1 rings (SSSR count). The number of nitrogens with one attached hydrogen (secondary N) is 1. The minimum absolute atomic E-state index is 0.114. The lowest BCUT2D eigenvalue weighted by Crippen LogP contribution is -2.68. The van der Waals surface area contributed by atoms with Gasteiger partial charge in [-0.3, -0.25) is 4.90 Å². The number of rotatable bonds is 4. The maximum absolute atomic E-state index is 12.6. The van der Waals surface area contributed by atoms with E-state index < -0.39 is 0 Å². The molecule has 0 spiro atoms. The molecular formula is C12H25FN2. The number of piperazine rings is 1. The summed E-state index contributed by atoms with van der Waals surface area (Å²) in [6.45, 7) is 11.0. The van der Waals surface area contributed by atoms with Gasteiger partial charge in [-0.25, -0.2) is 4.39 Å². The number of hydrogen-bond donors (Lipinski definition) is 1. The van der Waals surface area contributed by atoms with Crippen molar-refractivity contribution in [1.82, 2.24) is 10.2 Å². The molecule has 1 aliphatic heterocycles. The third-order valence-corrected chi connectivity index (χ3v) is 3.82. The number of nitrogens with zero attached hydrogens (tertiary/aromatic N) is 1. The van der Waals surface area contributed by atoms with Gasteiger partial charge in [0.15, 0.2) is 0 Å². The molecule has 1 N–H and O–H groups in total. The van der Waals surface area contributed by atoms with Gasteiger partial charge in [-0.15, -0.1) is 0 Å². The second kappa shape index (κ2) is 4.79. The topological polar surface area (TPSA) is 15.3 Å². The number of hydrogen-bond acceptors (Lipinski definition) is 2. The van der Waals surface area contributed by atoms with Crippen molar-refractivity contribution in [2.45, 2.75) is 51.6 Å². The second-order valence-corrected chi connectivity index (χ2v) is 5.28. The molecular weight excluding hydrogens is 191 g/mol. The minimum atomic E-state index is -0.238. The predicted octanol–water partition coefficient (Wildman–Crippen LogP) is 2.20. The Morgan fingerprint density at radius 3 is 2.33 bits per heavy atom. The van der Waals surface area contributed by atoms with E-state index in [0.29, 0.717) is 6.54 Å². The van der Waals surface area contributed by atoms with Crippen molar-refractivity contribution in [1.29, 1.82) is 0 Å². The van der Waals surface area contributed by atoms with Gasteiger partial charge in [0, 0.05) is 30.7 Å². The molecule has 0 unspecified atom stereocenters. The summed E-state index contributed by atoms with van der Waals surface area (Å²) < 4.78 is 12.6. The maximum Gasteiger partial charge on any atom is 0.102 e. The van der Waals surface area contributed by atoms with Crippen LogP contribution in [0.15, 0.2) is 0 Å². The molecule has 0 amide bonds. The van der Waals surface area contributed by atoms with E-state index in [-0.39, 0.29) is 17.8 Å². The molecule has 0 saturated carbocycles. The third-order valence-electron chi connectivity index (χ3n) is 3.82. The average molecular weight is 216 g/mol. The van der Waals surface area contributed by atoms with Crippen LogP contribution in [0, 0.1) is 0 Å². The van der Waals surface area contributed by atoms with Crippen LogP contribution in [0.5, 0.6) is 0 Å². The van der Waals surface area contributed by atoms with E-state index in [1.54, 1.807) is 0 Å². The largest absolute Gasteiger partial charge is 0.309 e. The Kier molecular flexibility index (Phi) is 4.13. The standard InChI is InChI=1S/C12H25FN2/c1-5-12(6-2)9-14-11(3,4)10-15(12)8-7-13/h14H,5-10H2,1-4H3. The first-order valence-corrected chi connectivity index (χ1v) is 6.06. The van der Waals surface area contributed by atoms with Gasteiger partial charge in [0.2, 0.25) is 0 Å². The molecule has 90 valence electrons. The Bertz CT molecular complexity index is 200. The fourth-order valence-electron chi connectivity index (χ4n) is 2.58. The monoisotopic (exact) mass is 216 g/mol. The Balaban J connectivity index is 2.79. The van der Waals surface area contributed by atoms with Crippen LogP contribution in [-0.2, 0) is 0 Å². The molecule has 1 aliphatic rings. The van der Waals surface area contributed by atoms with Crippen molar-refractivity contribution in [2.75, 3.05) is 26.3 Å². The predicted molar refractivity (Wildman–Crippen MR) is 62.9 cm³/mol. The van der Waals surface area contributed by atoms with Gasteiger partial charge < -0.3 is 5.32 Å². The van der Waals surface area contributed by atoms with Crippen LogP contribution in [0.25, 0.3) is 0 Å². The highest BCUT2D eigenvalue weighted by Gasteiger charge is 2.41. The zero-order valence-corrected chi connectivity index (χ0v) is 10.6. The molecule has 0 radical (unpaired) electrons. The fourth-order valence-corrected chi connectivity index (χ4v) is 2.58. The van der Waals surface area contributed by atoms with Crippen molar-refractivity contribution >= 4 is 0 Å². The summed E-state index contributed by atoms with van der Waals surface area (Å²) in [6.07, 6.45) is 2.18. The normalized spacial score (nSPS) is 25.4. The van der Waals surface area contributed by atoms with Crippen LogP contribution in [0.4, 0.5) is 4.39 Å². The molecule has 0 aliphatic carbocycles. The Hall–Kier alpha value is -0.150. The van der Waals surface area contributed by atoms with Crippen molar-refractivity contribution in [3.05, 3.63) is 0 Å². The van der Waals surface area contributed by atoms with Crippen molar-refractivity contribution < 1.29 is 4.39 Å². The smallest absolute Gasteiger partial charge is 0.102 e. The first kappa shape index (κ1) is 12.9. The van der Waals surface area contributed by atoms with E-state index in [1.807, 2.05) is 0 Å². The average Bonchev–Trinajstić information content (AvgIpc) is 2.19. The van der Waals surface area contributed by atoms with Crippen LogP contribution >= 0.6 is 0 Å². The summed E-state index contributed by atoms with van der Waals surface area (Å²) in [6, 6.07) is 0. The summed E-state index contributed by atoms with van der Waals surface area (Å²) in [5, 5.41) is 3.58. The maximum atomic E-state index is 12.6. The van der Waals surface area contributed by atoms with Crippen LogP contribution < -0.4 is 5.32 Å². The van der Waals surface area contributed by atoms with E-state index in [2.05, 4.69) is 37.9 Å². The summed E-state index contributed by atoms with van der Waals surface area (Å²) in [4.78, 5) is 2.34. The van der Waals surface area contributed by atoms with Gasteiger partial charge in [0.1, 0.15) is 6.67 Å². The van der Waals surface area contributed by atoms with Gasteiger partial charge in [-0.2, -0.15) is 0 Å². The Morgan fingerprint density at radius 1 is 1.27 bits per heavy atom. The third kappa shape index (κ3) is 2.70. The summed E-state index contributed by atoms with van der Waals surface area (Å²) in [7, 11) is 0. The SMILES string of the molecule is CCC1(CC)CNC(C)(C)CN1CCF. The van der Waals surface area contributed by atoms with Gasteiger partial charge in [-0.05, 0) is 26.7 Å². The van der Waals surface area contributed by atoms with Gasteiger partial charge in [0.25, 0.3) is 0 Å². The summed E-state index contributed by atoms with van der Waals surface area (Å²) in [5.74, 6) is 0. The van der Waals surface area contributed by atoms with E-state index in [0.717, 1.165) is 25.9 Å². The molecule has 1 heterocycles. The van der Waals surface area contributed by atoms with Crippen LogP contribution in [-0.4, -0.2) is 42.3 Å². The molecule has 0 aromatic carbocycles. The molecule has 1 fully saturated rings. The molecule has 0 atom stereocenters. The van der Waals surface area contributed by atoms with Gasteiger partial charge in [-0.1, -0.05) is 13.8 Å². The highest BCUT2D eigenvalue weighted by molar-refractivity contribution is 5.00. The molecule has 3 heteroatoms. The second-order valence-electron chi connectivity index (χ2n) is 5.28. The van der Waals surface area contributed by atoms with Crippen LogP contribution in [0.1, 0.15) is 40.5 Å². The molecule has 2 nitrogen and oxygen atoms in total. The first-order valence-electron chi connectivity index (χ1n) is 6.06. The van der Waals surface area contributed by atoms with Crippen molar-refractivity contribution in [2.24, 2.45) is 0 Å². The lowest BCUT2D eigenvalue weighted by molar-refractivity contribution is 0.00529. The molecule has 0 bridgehead atoms. The van der Waals surface area contributed by atoms with Crippen molar-refractivity contribution in [3.8, 4) is 0 Å². The van der Waals surface area contributed by atoms with Gasteiger partial charge in [0.05, 0.1) is 0 Å². The Labute approximate surface area is 93.2 Å². The highest BCUT2D eigenvalue weighted by atomic mass is 19.1. The highest BCUT2D eigenvalue weighted by Crippen LogP contribution is 2.29. The molecule has 0 aromatic rings. The zero-order valence-electron chi connectivity index (χ0n) is 10.6. The lowest BCUT2D eigenvalue weighted by atomic mass is 9.84. The van der Waals surface area contributed by atoms with E-state index in [9.17, 15) is 4.39 Å². The quantitative estimate of drug-likeness (QED) is 0.775. The first-order chi connectivity index (χ1) is 6.99. The van der Waals surface area contributed by atoms with E-state index in [1.165, 1.54) is 0 Å². The molecule has 0 aromatic heterocycles. The zero-order chi connectivity index (χ0) is 11.5. The van der Waals surface area contributed by atoms with Gasteiger partial charge >= 0.3 is 0 Å². The summed E-state index contributed by atoms with van der Waals surface area (Å²) in [5.41, 5.74) is 0.282.